The van der Waals surface area contributed by atoms with Crippen LogP contribution < -0.4 is 21.5 Å². The number of imidazole rings is 1. The fraction of sp³-hybridized carbons (Fsp3) is 0.0625. The lowest BCUT2D eigenvalue weighted by molar-refractivity contribution is 0.415. The minimum Gasteiger partial charge on any atom is -0.497 e. The van der Waals surface area contributed by atoms with Gasteiger partial charge in [-0.15, -0.1) is 0 Å². The maximum absolute atomic E-state index is 11.3. The van der Waals surface area contributed by atoms with Gasteiger partial charge in [-0.2, -0.15) is 0 Å². The van der Waals surface area contributed by atoms with Crippen molar-refractivity contribution in [1.29, 1.82) is 0 Å². The minimum absolute atomic E-state index is 0.251. The molecule has 0 saturated heterocycles. The Morgan fingerprint density at radius 3 is 2.71 bits per heavy atom. The van der Waals surface area contributed by atoms with Crippen molar-refractivity contribution in [1.82, 2.24) is 19.9 Å². The summed E-state index contributed by atoms with van der Waals surface area (Å²) in [5, 5.41) is 3.13. The highest BCUT2D eigenvalue weighted by atomic mass is 16.5. The Kier molecular flexibility index (Phi) is 3.09. The molecule has 2 heterocycles. The standard InChI is InChI=1S/C16H14N6O2/c1-24-9-3-5-10-13(7-9)20-15(14(17)19-10)18-8-2-4-11-12(6-8)22-16(23)21-11/h2-7H,1H3,(H2,17,19)(H,18,20)(H2,21,22,23). The molecule has 2 aromatic carbocycles. The third-order valence-corrected chi connectivity index (χ3v) is 3.68. The Morgan fingerprint density at radius 2 is 1.88 bits per heavy atom. The van der Waals surface area contributed by atoms with Crippen molar-refractivity contribution < 1.29 is 4.74 Å². The summed E-state index contributed by atoms with van der Waals surface area (Å²) < 4.78 is 5.20. The SMILES string of the molecule is COc1ccc2nc(N)c(Nc3ccc4[nH]c(=O)[nH]c4c3)nc2c1. The molecule has 120 valence electrons. The summed E-state index contributed by atoms with van der Waals surface area (Å²) in [5.41, 5.74) is 9.25. The Bertz CT molecular complexity index is 1110. The number of fused-ring (bicyclic) bond motifs is 2. The van der Waals surface area contributed by atoms with Crippen molar-refractivity contribution in [2.75, 3.05) is 18.2 Å². The van der Waals surface area contributed by atoms with Crippen LogP contribution in [0.25, 0.3) is 22.1 Å². The number of H-pyrrole nitrogens is 2. The van der Waals surface area contributed by atoms with E-state index in [-0.39, 0.29) is 11.5 Å². The van der Waals surface area contributed by atoms with Gasteiger partial charge in [0.05, 0.1) is 29.2 Å². The largest absolute Gasteiger partial charge is 0.497 e. The zero-order valence-corrected chi connectivity index (χ0v) is 12.8. The van der Waals surface area contributed by atoms with Crippen molar-refractivity contribution in [3.63, 3.8) is 0 Å². The molecule has 2 aromatic heterocycles. The second kappa shape index (κ2) is 5.27. The summed E-state index contributed by atoms with van der Waals surface area (Å²) in [5.74, 6) is 1.42. The number of hydrogen-bond donors (Lipinski definition) is 4. The van der Waals surface area contributed by atoms with Crippen LogP contribution in [0, 0.1) is 0 Å². The normalized spacial score (nSPS) is 11.0. The first kappa shape index (κ1) is 14.1. The lowest BCUT2D eigenvalue weighted by Crippen LogP contribution is -2.02. The molecule has 0 amide bonds. The molecule has 0 unspecified atom stereocenters. The van der Waals surface area contributed by atoms with Crippen LogP contribution in [0.3, 0.4) is 0 Å². The monoisotopic (exact) mass is 322 g/mol. The molecular formula is C16H14N6O2. The van der Waals surface area contributed by atoms with Crippen LogP contribution in [0.1, 0.15) is 0 Å². The maximum atomic E-state index is 11.3. The number of nitrogens with two attached hydrogens (primary N) is 1. The number of ether oxygens (including phenoxy) is 1. The zero-order chi connectivity index (χ0) is 16.7. The molecule has 0 bridgehead atoms. The Balaban J connectivity index is 1.76. The highest BCUT2D eigenvalue weighted by molar-refractivity contribution is 5.84. The molecule has 0 atom stereocenters. The van der Waals surface area contributed by atoms with Crippen LogP contribution in [-0.4, -0.2) is 27.0 Å². The van der Waals surface area contributed by atoms with E-state index in [0.717, 1.165) is 11.2 Å². The first-order valence-electron chi connectivity index (χ1n) is 7.23. The van der Waals surface area contributed by atoms with Gasteiger partial charge in [-0.05, 0) is 30.3 Å². The summed E-state index contributed by atoms with van der Waals surface area (Å²) in [7, 11) is 1.60. The number of rotatable bonds is 3. The fourth-order valence-electron chi connectivity index (χ4n) is 2.51. The molecule has 4 aromatic rings. The minimum atomic E-state index is -0.251. The van der Waals surface area contributed by atoms with Gasteiger partial charge in [0.15, 0.2) is 11.6 Å². The van der Waals surface area contributed by atoms with Crippen LogP contribution in [-0.2, 0) is 0 Å². The molecule has 5 N–H and O–H groups in total. The average Bonchev–Trinajstić information content (AvgIpc) is 2.94. The van der Waals surface area contributed by atoms with E-state index in [2.05, 4.69) is 25.3 Å². The summed E-state index contributed by atoms with van der Waals surface area (Å²) in [6.07, 6.45) is 0. The molecule has 4 rings (SSSR count). The Morgan fingerprint density at radius 1 is 1.04 bits per heavy atom. The highest BCUT2D eigenvalue weighted by Crippen LogP contribution is 2.25. The highest BCUT2D eigenvalue weighted by Gasteiger charge is 2.08. The number of anilines is 3. The van der Waals surface area contributed by atoms with Gasteiger partial charge in [-0.1, -0.05) is 0 Å². The summed E-state index contributed by atoms with van der Waals surface area (Å²) >= 11 is 0. The van der Waals surface area contributed by atoms with Crippen molar-refractivity contribution in [3.8, 4) is 5.75 Å². The zero-order valence-electron chi connectivity index (χ0n) is 12.8. The Hall–Kier alpha value is -3.55. The first-order chi connectivity index (χ1) is 11.6. The third kappa shape index (κ3) is 2.39. The predicted molar refractivity (Wildman–Crippen MR) is 92.7 cm³/mol. The molecule has 24 heavy (non-hydrogen) atoms. The van der Waals surface area contributed by atoms with Crippen molar-refractivity contribution >= 4 is 39.4 Å². The summed E-state index contributed by atoms with van der Waals surface area (Å²) in [6, 6.07) is 10.8. The van der Waals surface area contributed by atoms with E-state index in [1.54, 1.807) is 37.4 Å². The van der Waals surface area contributed by atoms with Crippen molar-refractivity contribution in [2.24, 2.45) is 0 Å². The van der Waals surface area contributed by atoms with Gasteiger partial charge in [-0.25, -0.2) is 14.8 Å². The number of nitrogen functional groups attached to an aromatic ring is 1. The molecule has 8 nitrogen and oxygen atoms in total. The second-order valence-corrected chi connectivity index (χ2v) is 5.28. The van der Waals surface area contributed by atoms with E-state index in [1.165, 1.54) is 0 Å². The lowest BCUT2D eigenvalue weighted by atomic mass is 10.2. The number of aromatic nitrogens is 4. The molecule has 0 aliphatic rings. The van der Waals surface area contributed by atoms with Crippen LogP contribution in [0.2, 0.25) is 0 Å². The van der Waals surface area contributed by atoms with Crippen LogP contribution in [0.15, 0.2) is 41.2 Å². The van der Waals surface area contributed by atoms with Gasteiger partial charge in [-0.3, -0.25) is 0 Å². The van der Waals surface area contributed by atoms with E-state index in [1.807, 2.05) is 6.07 Å². The van der Waals surface area contributed by atoms with Gasteiger partial charge in [0, 0.05) is 11.8 Å². The van der Waals surface area contributed by atoms with E-state index >= 15 is 0 Å². The van der Waals surface area contributed by atoms with Gasteiger partial charge in [0.1, 0.15) is 5.75 Å². The molecule has 0 fully saturated rings. The van der Waals surface area contributed by atoms with Gasteiger partial charge in [0.25, 0.3) is 0 Å². The Labute approximate surface area is 135 Å². The molecule has 0 aliphatic heterocycles. The second-order valence-electron chi connectivity index (χ2n) is 5.28. The average molecular weight is 322 g/mol. The van der Waals surface area contributed by atoms with Gasteiger partial charge in [0.2, 0.25) is 0 Å². The van der Waals surface area contributed by atoms with Gasteiger partial charge < -0.3 is 25.8 Å². The summed E-state index contributed by atoms with van der Waals surface area (Å²) in [4.78, 5) is 25.6. The van der Waals surface area contributed by atoms with Crippen LogP contribution >= 0.6 is 0 Å². The van der Waals surface area contributed by atoms with Crippen molar-refractivity contribution in [2.45, 2.75) is 0 Å². The molecule has 8 heteroatoms. The molecule has 0 radical (unpaired) electrons. The number of nitrogens with one attached hydrogen (secondary N) is 3. The maximum Gasteiger partial charge on any atom is 0.323 e. The van der Waals surface area contributed by atoms with E-state index in [9.17, 15) is 4.79 Å². The number of methoxy groups -OCH3 is 1. The van der Waals surface area contributed by atoms with E-state index < -0.39 is 0 Å². The van der Waals surface area contributed by atoms with E-state index in [0.29, 0.717) is 28.1 Å². The number of aromatic amines is 2. The quantitative estimate of drug-likeness (QED) is 0.458. The molecule has 0 aliphatic carbocycles. The molecule has 0 saturated carbocycles. The third-order valence-electron chi connectivity index (χ3n) is 3.68. The first-order valence-corrected chi connectivity index (χ1v) is 7.23. The van der Waals surface area contributed by atoms with Gasteiger partial charge >= 0.3 is 5.69 Å². The molecule has 0 spiro atoms. The van der Waals surface area contributed by atoms with Crippen LogP contribution in [0.4, 0.5) is 17.3 Å². The summed E-state index contributed by atoms with van der Waals surface area (Å²) in [6.45, 7) is 0. The number of hydrogen-bond acceptors (Lipinski definition) is 6. The van der Waals surface area contributed by atoms with Crippen LogP contribution in [0.5, 0.6) is 5.75 Å². The fourth-order valence-corrected chi connectivity index (χ4v) is 2.51. The van der Waals surface area contributed by atoms with Crippen molar-refractivity contribution in [3.05, 3.63) is 46.9 Å². The number of nitrogens with zero attached hydrogens (tertiary/aromatic N) is 2. The predicted octanol–water partition coefficient (Wildman–Crippen LogP) is 2.13. The smallest absolute Gasteiger partial charge is 0.323 e. The molecular weight excluding hydrogens is 308 g/mol. The topological polar surface area (TPSA) is 122 Å². The van der Waals surface area contributed by atoms with E-state index in [4.69, 9.17) is 10.5 Å². The lowest BCUT2D eigenvalue weighted by Gasteiger charge is -2.10. The number of benzene rings is 2.